The molecule has 3 rings (SSSR count). The molecule has 6 nitrogen and oxygen atoms in total. The van der Waals surface area contributed by atoms with Crippen LogP contribution in [0, 0.1) is 0 Å². The molecule has 1 amide bonds. The minimum atomic E-state index is -0.643. The molecule has 3 aromatic rings. The summed E-state index contributed by atoms with van der Waals surface area (Å²) in [5.74, 6) is 0.0822. The maximum Gasteiger partial charge on any atom is 0.269 e. The van der Waals surface area contributed by atoms with Crippen LogP contribution >= 0.6 is 0 Å². The first-order valence-electron chi connectivity index (χ1n) is 8.30. The van der Waals surface area contributed by atoms with Crippen LogP contribution in [0.15, 0.2) is 60.8 Å². The van der Waals surface area contributed by atoms with Crippen LogP contribution in [0.25, 0.3) is 11.3 Å². The summed E-state index contributed by atoms with van der Waals surface area (Å²) in [6.07, 6.45) is 2.40. The Morgan fingerprint density at radius 1 is 1.08 bits per heavy atom. The van der Waals surface area contributed by atoms with E-state index in [2.05, 4.69) is 22.1 Å². The van der Waals surface area contributed by atoms with Crippen molar-refractivity contribution in [2.75, 3.05) is 6.61 Å². The van der Waals surface area contributed by atoms with E-state index < -0.39 is 5.91 Å². The average Bonchev–Trinajstić information content (AvgIpc) is 2.68. The highest BCUT2D eigenvalue weighted by Crippen LogP contribution is 2.23. The Bertz CT molecular complexity index is 897. The van der Waals surface area contributed by atoms with Gasteiger partial charge in [-0.25, -0.2) is 4.98 Å². The monoisotopic (exact) mass is 348 g/mol. The number of hydrogen-bond acceptors (Lipinski definition) is 5. The Labute approximate surface area is 151 Å². The standard InChI is InChI=1S/C20H20N4O2/c21-12-17-19(20(22)25)24-18(13-23-17)15-7-4-8-16(11-15)26-10-9-14-5-2-1-3-6-14/h1-8,11,13H,9-10,12,21H2,(H2,22,25). The van der Waals surface area contributed by atoms with E-state index in [1.54, 1.807) is 6.20 Å². The molecule has 4 N–H and O–H groups in total. The third-order valence-corrected chi connectivity index (χ3v) is 3.91. The van der Waals surface area contributed by atoms with Crippen molar-refractivity contribution < 1.29 is 9.53 Å². The fourth-order valence-electron chi connectivity index (χ4n) is 2.58. The highest BCUT2D eigenvalue weighted by molar-refractivity contribution is 5.92. The molecule has 0 aliphatic rings. The highest BCUT2D eigenvalue weighted by atomic mass is 16.5. The van der Waals surface area contributed by atoms with Gasteiger partial charge >= 0.3 is 0 Å². The molecule has 6 heteroatoms. The van der Waals surface area contributed by atoms with Gasteiger partial charge in [-0.15, -0.1) is 0 Å². The fourth-order valence-corrected chi connectivity index (χ4v) is 2.58. The lowest BCUT2D eigenvalue weighted by Crippen LogP contribution is -2.19. The van der Waals surface area contributed by atoms with E-state index in [1.165, 1.54) is 5.56 Å². The van der Waals surface area contributed by atoms with Crippen LogP contribution in [-0.2, 0) is 13.0 Å². The lowest BCUT2D eigenvalue weighted by atomic mass is 10.1. The Hall–Kier alpha value is -3.25. The van der Waals surface area contributed by atoms with Gasteiger partial charge < -0.3 is 16.2 Å². The number of primary amides is 1. The highest BCUT2D eigenvalue weighted by Gasteiger charge is 2.13. The number of benzene rings is 2. The van der Waals surface area contributed by atoms with E-state index in [9.17, 15) is 4.79 Å². The maximum absolute atomic E-state index is 11.5. The summed E-state index contributed by atoms with van der Waals surface area (Å²) in [7, 11) is 0. The average molecular weight is 348 g/mol. The van der Waals surface area contributed by atoms with Gasteiger partial charge in [0.1, 0.15) is 5.75 Å². The molecule has 1 aromatic heterocycles. The first-order valence-corrected chi connectivity index (χ1v) is 8.30. The first-order chi connectivity index (χ1) is 12.7. The Morgan fingerprint density at radius 2 is 1.88 bits per heavy atom. The van der Waals surface area contributed by atoms with Gasteiger partial charge in [0.15, 0.2) is 5.69 Å². The van der Waals surface area contributed by atoms with Crippen LogP contribution in [0.2, 0.25) is 0 Å². The van der Waals surface area contributed by atoms with Crippen LogP contribution in [0.3, 0.4) is 0 Å². The smallest absolute Gasteiger partial charge is 0.269 e. The Kier molecular flexibility index (Phi) is 5.56. The molecule has 0 saturated heterocycles. The zero-order valence-electron chi connectivity index (χ0n) is 14.3. The molecule has 0 spiro atoms. The summed E-state index contributed by atoms with van der Waals surface area (Å²) in [5, 5.41) is 0. The van der Waals surface area contributed by atoms with Crippen LogP contribution in [0.4, 0.5) is 0 Å². The number of aromatic nitrogens is 2. The number of carbonyl (C=O) groups excluding carboxylic acids is 1. The van der Waals surface area contributed by atoms with Crippen LogP contribution in [0.5, 0.6) is 5.75 Å². The van der Waals surface area contributed by atoms with Crippen LogP contribution in [-0.4, -0.2) is 22.5 Å². The van der Waals surface area contributed by atoms with Crippen molar-refractivity contribution in [1.29, 1.82) is 0 Å². The minimum absolute atomic E-state index is 0.0976. The second-order valence-electron chi connectivity index (χ2n) is 5.73. The number of ether oxygens (including phenoxy) is 1. The lowest BCUT2D eigenvalue weighted by Gasteiger charge is -2.09. The van der Waals surface area contributed by atoms with E-state index in [1.807, 2.05) is 42.5 Å². The third kappa shape index (κ3) is 4.23. The van der Waals surface area contributed by atoms with Gasteiger partial charge in [-0.05, 0) is 17.7 Å². The predicted molar refractivity (Wildman–Crippen MR) is 99.5 cm³/mol. The van der Waals surface area contributed by atoms with E-state index >= 15 is 0 Å². The molecule has 0 unspecified atom stereocenters. The second kappa shape index (κ2) is 8.22. The lowest BCUT2D eigenvalue weighted by molar-refractivity contribution is 0.0994. The van der Waals surface area contributed by atoms with E-state index in [-0.39, 0.29) is 12.2 Å². The van der Waals surface area contributed by atoms with Crippen molar-refractivity contribution in [2.24, 2.45) is 11.5 Å². The Balaban J connectivity index is 1.75. The molecule has 0 bridgehead atoms. The van der Waals surface area contributed by atoms with Gasteiger partial charge in [-0.1, -0.05) is 42.5 Å². The summed E-state index contributed by atoms with van der Waals surface area (Å²) < 4.78 is 5.83. The SMILES string of the molecule is NCc1ncc(-c2cccc(OCCc3ccccc3)c2)nc1C(N)=O. The zero-order valence-corrected chi connectivity index (χ0v) is 14.3. The van der Waals surface area contributed by atoms with Gasteiger partial charge in [0.2, 0.25) is 0 Å². The van der Waals surface area contributed by atoms with Gasteiger partial charge in [0.25, 0.3) is 5.91 Å². The predicted octanol–water partition coefficient (Wildman–Crippen LogP) is 2.32. The summed E-state index contributed by atoms with van der Waals surface area (Å²) >= 11 is 0. The summed E-state index contributed by atoms with van der Waals surface area (Å²) in [6, 6.07) is 17.6. The fraction of sp³-hybridized carbons (Fsp3) is 0.150. The van der Waals surface area contributed by atoms with Crippen molar-refractivity contribution in [2.45, 2.75) is 13.0 Å². The molecule has 0 aliphatic carbocycles. The van der Waals surface area contributed by atoms with Crippen LogP contribution in [0.1, 0.15) is 21.7 Å². The summed E-state index contributed by atoms with van der Waals surface area (Å²) in [5.41, 5.74) is 14.0. The van der Waals surface area contributed by atoms with Crippen LogP contribution < -0.4 is 16.2 Å². The van der Waals surface area contributed by atoms with Crippen molar-refractivity contribution in [1.82, 2.24) is 9.97 Å². The molecular weight excluding hydrogens is 328 g/mol. The van der Waals surface area contributed by atoms with Crippen molar-refractivity contribution in [3.8, 4) is 17.0 Å². The topological polar surface area (TPSA) is 104 Å². The minimum Gasteiger partial charge on any atom is -0.493 e. The first kappa shape index (κ1) is 17.6. The van der Waals surface area contributed by atoms with E-state index in [0.29, 0.717) is 18.0 Å². The van der Waals surface area contributed by atoms with E-state index in [0.717, 1.165) is 17.7 Å². The van der Waals surface area contributed by atoms with Gasteiger partial charge in [0.05, 0.1) is 24.2 Å². The summed E-state index contributed by atoms with van der Waals surface area (Å²) in [4.78, 5) is 20.1. The second-order valence-corrected chi connectivity index (χ2v) is 5.73. The molecule has 0 radical (unpaired) electrons. The summed E-state index contributed by atoms with van der Waals surface area (Å²) in [6.45, 7) is 0.673. The number of rotatable bonds is 7. The van der Waals surface area contributed by atoms with Crippen molar-refractivity contribution in [3.05, 3.63) is 77.7 Å². The molecule has 26 heavy (non-hydrogen) atoms. The van der Waals surface area contributed by atoms with E-state index in [4.69, 9.17) is 16.2 Å². The van der Waals surface area contributed by atoms with Gasteiger partial charge in [-0.2, -0.15) is 0 Å². The van der Waals surface area contributed by atoms with Gasteiger partial charge in [-0.3, -0.25) is 9.78 Å². The molecule has 2 aromatic carbocycles. The molecule has 0 atom stereocenters. The molecule has 0 saturated carbocycles. The largest absolute Gasteiger partial charge is 0.493 e. The molecule has 1 heterocycles. The maximum atomic E-state index is 11.5. The molecule has 0 aliphatic heterocycles. The molecular formula is C20H20N4O2. The molecule has 132 valence electrons. The quantitative estimate of drug-likeness (QED) is 0.682. The number of nitrogens with zero attached hydrogens (tertiary/aromatic N) is 2. The van der Waals surface area contributed by atoms with Crippen molar-refractivity contribution >= 4 is 5.91 Å². The zero-order chi connectivity index (χ0) is 18.4. The third-order valence-electron chi connectivity index (χ3n) is 3.91. The number of carbonyl (C=O) groups is 1. The molecule has 0 fully saturated rings. The Morgan fingerprint density at radius 3 is 2.62 bits per heavy atom. The number of amides is 1. The van der Waals surface area contributed by atoms with Gasteiger partial charge in [0, 0.05) is 18.5 Å². The normalized spacial score (nSPS) is 10.5. The van der Waals surface area contributed by atoms with Crippen molar-refractivity contribution in [3.63, 3.8) is 0 Å². The number of nitrogens with two attached hydrogens (primary N) is 2. The number of hydrogen-bond donors (Lipinski definition) is 2.